The van der Waals surface area contributed by atoms with E-state index < -0.39 is 0 Å². The van der Waals surface area contributed by atoms with Crippen LogP contribution < -0.4 is 10.2 Å². The number of halogens is 2. The number of rotatable bonds is 6. The number of piperidine rings is 1. The Morgan fingerprint density at radius 3 is 2.47 bits per heavy atom. The van der Waals surface area contributed by atoms with Gasteiger partial charge in [-0.25, -0.2) is 4.99 Å². The normalized spacial score (nSPS) is 19.0. The molecule has 1 N–H and O–H groups in total. The number of nitrogens with one attached hydrogen (secondary N) is 1. The van der Waals surface area contributed by atoms with Crippen LogP contribution in [0.25, 0.3) is 0 Å². The van der Waals surface area contributed by atoms with Crippen molar-refractivity contribution in [1.29, 1.82) is 0 Å². The zero-order valence-electron chi connectivity index (χ0n) is 18.6. The molecule has 0 atom stereocenters. The summed E-state index contributed by atoms with van der Waals surface area (Å²) in [5.74, 6) is 0.978. The Morgan fingerprint density at radius 2 is 1.83 bits per heavy atom. The molecule has 0 aromatic heterocycles. The maximum Gasteiger partial charge on any atom is 0.194 e. The van der Waals surface area contributed by atoms with E-state index in [2.05, 4.69) is 47.0 Å². The van der Waals surface area contributed by atoms with Crippen molar-refractivity contribution in [1.82, 2.24) is 15.1 Å². The van der Waals surface area contributed by atoms with Crippen LogP contribution in [0.3, 0.4) is 0 Å². The van der Waals surface area contributed by atoms with Gasteiger partial charge in [0.05, 0.1) is 12.6 Å². The number of likely N-dealkylation sites (tertiary alicyclic amines) is 1. The predicted octanol–water partition coefficient (Wildman–Crippen LogP) is 3.68. The number of anilines is 1. The van der Waals surface area contributed by atoms with Gasteiger partial charge in [-0.3, -0.25) is 0 Å². The molecule has 2 saturated heterocycles. The molecular formula is C22H37ClIN5O. The van der Waals surface area contributed by atoms with E-state index in [0.29, 0.717) is 12.6 Å². The molecule has 0 unspecified atom stereocenters. The van der Waals surface area contributed by atoms with Gasteiger partial charge in [-0.05, 0) is 45.9 Å². The van der Waals surface area contributed by atoms with Crippen LogP contribution in [0.15, 0.2) is 23.2 Å². The number of hydrogen-bond donors (Lipinski definition) is 1. The zero-order chi connectivity index (χ0) is 20.6. The summed E-state index contributed by atoms with van der Waals surface area (Å²) in [4.78, 5) is 12.1. The monoisotopic (exact) mass is 549 g/mol. The fourth-order valence-corrected chi connectivity index (χ4v) is 4.33. The lowest BCUT2D eigenvalue weighted by Gasteiger charge is -2.35. The molecule has 8 heteroatoms. The van der Waals surface area contributed by atoms with Crippen LogP contribution in [-0.2, 0) is 11.3 Å². The zero-order valence-corrected chi connectivity index (χ0v) is 21.7. The van der Waals surface area contributed by atoms with Crippen molar-refractivity contribution in [3.8, 4) is 0 Å². The average Bonchev–Trinajstić information content (AvgIpc) is 2.73. The number of hydrogen-bond acceptors (Lipinski definition) is 4. The lowest BCUT2D eigenvalue weighted by atomic mass is 10.1. The van der Waals surface area contributed by atoms with Gasteiger partial charge in [-0.1, -0.05) is 17.7 Å². The molecule has 0 spiro atoms. The Morgan fingerprint density at radius 1 is 1.13 bits per heavy atom. The van der Waals surface area contributed by atoms with Gasteiger partial charge in [0.25, 0.3) is 0 Å². The second kappa shape index (κ2) is 12.9. The minimum absolute atomic E-state index is 0. The molecule has 2 fully saturated rings. The molecule has 2 heterocycles. The van der Waals surface area contributed by atoms with E-state index in [1.807, 2.05) is 12.1 Å². The Labute approximate surface area is 204 Å². The van der Waals surface area contributed by atoms with E-state index in [9.17, 15) is 0 Å². The summed E-state index contributed by atoms with van der Waals surface area (Å²) in [5, 5.41) is 4.27. The van der Waals surface area contributed by atoms with Crippen LogP contribution in [0.2, 0.25) is 5.02 Å². The summed E-state index contributed by atoms with van der Waals surface area (Å²) in [6, 6.07) is 6.21. The number of ether oxygens (including phenoxy) is 1. The van der Waals surface area contributed by atoms with E-state index >= 15 is 0 Å². The molecule has 2 aliphatic rings. The van der Waals surface area contributed by atoms with E-state index in [-0.39, 0.29) is 24.0 Å². The maximum absolute atomic E-state index is 6.62. The number of nitrogens with zero attached hydrogens (tertiary/aromatic N) is 4. The molecule has 0 saturated carbocycles. The fraction of sp³-hybridized carbons (Fsp3) is 0.682. The van der Waals surface area contributed by atoms with Gasteiger partial charge in [-0.15, -0.1) is 24.0 Å². The largest absolute Gasteiger partial charge is 0.378 e. The standard InChI is InChI=1S/C22H36ClN5O.HI/c1-4-24-22(28-11-9-18(10-12-28)29-5-2)25-17-19-20(23)7-6-8-21(19)27-15-13-26(3)14-16-27;/h6-8,18H,4-5,9-17H2,1-3H3,(H,24,25);1H. The molecule has 0 amide bonds. The third-order valence-electron chi connectivity index (χ3n) is 5.80. The average molecular weight is 550 g/mol. The Bertz CT molecular complexity index is 673. The third-order valence-corrected chi connectivity index (χ3v) is 6.16. The predicted molar refractivity (Wildman–Crippen MR) is 138 cm³/mol. The van der Waals surface area contributed by atoms with Crippen molar-refractivity contribution in [2.45, 2.75) is 39.3 Å². The second-order valence-corrected chi connectivity index (χ2v) is 8.25. The number of likely N-dealkylation sites (N-methyl/N-ethyl adjacent to an activating group) is 1. The summed E-state index contributed by atoms with van der Waals surface area (Å²) >= 11 is 6.62. The van der Waals surface area contributed by atoms with Crippen LogP contribution >= 0.6 is 35.6 Å². The molecule has 6 nitrogen and oxygen atoms in total. The van der Waals surface area contributed by atoms with Gasteiger partial charge in [0.15, 0.2) is 5.96 Å². The first-order valence-corrected chi connectivity index (χ1v) is 11.4. The number of aliphatic imine (C=N–C) groups is 1. The van der Waals surface area contributed by atoms with E-state index in [1.54, 1.807) is 0 Å². The van der Waals surface area contributed by atoms with Crippen molar-refractivity contribution in [2.75, 3.05) is 64.4 Å². The number of piperazine rings is 1. The van der Waals surface area contributed by atoms with Gasteiger partial charge >= 0.3 is 0 Å². The van der Waals surface area contributed by atoms with Gasteiger partial charge in [-0.2, -0.15) is 0 Å². The first-order valence-electron chi connectivity index (χ1n) is 11.0. The minimum atomic E-state index is 0. The van der Waals surface area contributed by atoms with Crippen molar-refractivity contribution < 1.29 is 4.74 Å². The molecule has 0 radical (unpaired) electrons. The highest BCUT2D eigenvalue weighted by Gasteiger charge is 2.22. The third kappa shape index (κ3) is 6.87. The Balaban J connectivity index is 0.00000320. The quantitative estimate of drug-likeness (QED) is 0.333. The number of guanidine groups is 1. The Hall–Kier alpha value is -0.770. The summed E-state index contributed by atoms with van der Waals surface area (Å²) in [5.41, 5.74) is 2.35. The van der Waals surface area contributed by atoms with Crippen LogP contribution in [0, 0.1) is 0 Å². The molecule has 30 heavy (non-hydrogen) atoms. The SMILES string of the molecule is CCNC(=NCc1c(Cl)cccc1N1CCN(C)CC1)N1CCC(OCC)CC1.I. The molecule has 3 rings (SSSR count). The van der Waals surface area contributed by atoms with Crippen molar-refractivity contribution in [3.63, 3.8) is 0 Å². The van der Waals surface area contributed by atoms with Gasteiger partial charge in [0.2, 0.25) is 0 Å². The summed E-state index contributed by atoms with van der Waals surface area (Å²) < 4.78 is 5.79. The van der Waals surface area contributed by atoms with Crippen molar-refractivity contribution in [3.05, 3.63) is 28.8 Å². The highest BCUT2D eigenvalue weighted by molar-refractivity contribution is 14.0. The van der Waals surface area contributed by atoms with Crippen LogP contribution in [0.4, 0.5) is 5.69 Å². The molecule has 1 aromatic carbocycles. The van der Waals surface area contributed by atoms with E-state index in [0.717, 1.165) is 81.8 Å². The topological polar surface area (TPSA) is 43.3 Å². The van der Waals surface area contributed by atoms with E-state index in [1.165, 1.54) is 5.69 Å². The molecular weight excluding hydrogens is 513 g/mol. The first-order chi connectivity index (χ1) is 14.1. The summed E-state index contributed by atoms with van der Waals surface area (Å²) in [6.07, 6.45) is 2.49. The molecule has 170 valence electrons. The molecule has 0 bridgehead atoms. The maximum atomic E-state index is 6.62. The summed E-state index contributed by atoms with van der Waals surface area (Å²) in [7, 11) is 2.18. The van der Waals surface area contributed by atoms with Crippen LogP contribution in [-0.4, -0.2) is 81.3 Å². The molecule has 2 aliphatic heterocycles. The number of benzene rings is 1. The Kier molecular flexibility index (Phi) is 11.0. The van der Waals surface area contributed by atoms with Crippen molar-refractivity contribution in [2.24, 2.45) is 4.99 Å². The molecule has 1 aromatic rings. The second-order valence-electron chi connectivity index (χ2n) is 7.84. The fourth-order valence-electron chi connectivity index (χ4n) is 4.10. The lowest BCUT2D eigenvalue weighted by molar-refractivity contribution is 0.0263. The highest BCUT2D eigenvalue weighted by Crippen LogP contribution is 2.29. The highest BCUT2D eigenvalue weighted by atomic mass is 127. The molecule has 0 aliphatic carbocycles. The van der Waals surface area contributed by atoms with Gasteiger partial charge in [0.1, 0.15) is 0 Å². The van der Waals surface area contributed by atoms with Crippen LogP contribution in [0.1, 0.15) is 32.3 Å². The summed E-state index contributed by atoms with van der Waals surface area (Å²) in [6.45, 7) is 12.6. The lowest BCUT2D eigenvalue weighted by Crippen LogP contribution is -2.47. The smallest absolute Gasteiger partial charge is 0.194 e. The van der Waals surface area contributed by atoms with E-state index in [4.69, 9.17) is 21.3 Å². The minimum Gasteiger partial charge on any atom is -0.378 e. The van der Waals surface area contributed by atoms with Crippen LogP contribution in [0.5, 0.6) is 0 Å². The first kappa shape index (κ1) is 25.5. The van der Waals surface area contributed by atoms with Gasteiger partial charge < -0.3 is 24.8 Å². The van der Waals surface area contributed by atoms with Gasteiger partial charge in [0, 0.05) is 68.7 Å². The van der Waals surface area contributed by atoms with Crippen molar-refractivity contribution >= 4 is 47.2 Å².